The molecule has 1 saturated heterocycles. The minimum Gasteiger partial charge on any atom is -0.372 e. The smallest absolute Gasteiger partial charge is 0.0704 e. The lowest BCUT2D eigenvalue weighted by atomic mass is 9.73. The van der Waals surface area contributed by atoms with Gasteiger partial charge in [0.15, 0.2) is 0 Å². The van der Waals surface area contributed by atoms with Crippen LogP contribution in [0.4, 0.5) is 0 Å². The first-order chi connectivity index (χ1) is 7.50. The molecule has 2 heteroatoms. The highest BCUT2D eigenvalue weighted by molar-refractivity contribution is 5.01. The summed E-state index contributed by atoms with van der Waals surface area (Å²) in [6.07, 6.45) is 0.616. The van der Waals surface area contributed by atoms with Crippen LogP contribution in [0.1, 0.15) is 62.3 Å². The van der Waals surface area contributed by atoms with E-state index in [2.05, 4.69) is 67.2 Å². The normalized spacial score (nSPS) is 37.2. The van der Waals surface area contributed by atoms with Crippen LogP contribution in [0, 0.1) is 5.41 Å². The fourth-order valence-electron chi connectivity index (χ4n) is 2.79. The Labute approximate surface area is 108 Å². The van der Waals surface area contributed by atoms with Gasteiger partial charge in [-0.3, -0.25) is 4.90 Å². The van der Waals surface area contributed by atoms with E-state index in [-0.39, 0.29) is 11.0 Å². The Morgan fingerprint density at radius 1 is 0.765 bits per heavy atom. The molecule has 4 unspecified atom stereocenters. The van der Waals surface area contributed by atoms with Gasteiger partial charge in [0, 0.05) is 17.6 Å². The second kappa shape index (κ2) is 4.55. The SMILES string of the molecule is CC1OC(C)C(C)N(C(C)(C)C(C)(C)C)C1C. The number of rotatable bonds is 1. The molecule has 1 heterocycles. The van der Waals surface area contributed by atoms with E-state index in [0.29, 0.717) is 24.3 Å². The summed E-state index contributed by atoms with van der Waals surface area (Å²) in [5, 5.41) is 0. The molecule has 1 fully saturated rings. The maximum Gasteiger partial charge on any atom is 0.0704 e. The maximum absolute atomic E-state index is 6.01. The fraction of sp³-hybridized carbons (Fsp3) is 1.00. The van der Waals surface area contributed by atoms with Crippen LogP contribution >= 0.6 is 0 Å². The van der Waals surface area contributed by atoms with E-state index in [1.165, 1.54) is 0 Å². The van der Waals surface area contributed by atoms with Crippen LogP contribution in [-0.4, -0.2) is 34.7 Å². The first-order valence-corrected chi connectivity index (χ1v) is 6.94. The van der Waals surface area contributed by atoms with Gasteiger partial charge in [-0.15, -0.1) is 0 Å². The highest BCUT2D eigenvalue weighted by Crippen LogP contribution is 2.41. The van der Waals surface area contributed by atoms with Crippen LogP contribution in [0.25, 0.3) is 0 Å². The molecular weight excluding hydrogens is 210 g/mol. The highest BCUT2D eigenvalue weighted by Gasteiger charge is 2.47. The molecule has 0 N–H and O–H groups in total. The second-order valence-corrected chi connectivity index (χ2v) is 7.24. The number of hydrogen-bond donors (Lipinski definition) is 0. The summed E-state index contributed by atoms with van der Waals surface area (Å²) in [4.78, 5) is 2.66. The molecule has 0 aromatic heterocycles. The standard InChI is InChI=1S/C15H31NO/c1-10-12(3)17-13(4)11(2)16(10)15(8,9)14(5,6)7/h10-13H,1-9H3. The summed E-state index contributed by atoms with van der Waals surface area (Å²) >= 11 is 0. The third-order valence-corrected chi connectivity index (χ3v) is 5.15. The van der Waals surface area contributed by atoms with Crippen molar-refractivity contribution in [1.82, 2.24) is 4.90 Å². The van der Waals surface area contributed by atoms with Crippen molar-refractivity contribution in [3.8, 4) is 0 Å². The van der Waals surface area contributed by atoms with Crippen LogP contribution in [0.3, 0.4) is 0 Å². The van der Waals surface area contributed by atoms with Crippen molar-refractivity contribution < 1.29 is 4.74 Å². The minimum absolute atomic E-state index is 0.165. The maximum atomic E-state index is 6.01. The average Bonchev–Trinajstić information content (AvgIpc) is 2.13. The summed E-state index contributed by atoms with van der Waals surface area (Å²) in [6, 6.07) is 0.936. The molecule has 4 atom stereocenters. The summed E-state index contributed by atoms with van der Waals surface area (Å²) < 4.78 is 6.01. The fourth-order valence-corrected chi connectivity index (χ4v) is 2.79. The molecule has 17 heavy (non-hydrogen) atoms. The van der Waals surface area contributed by atoms with Gasteiger partial charge < -0.3 is 4.74 Å². The first kappa shape index (κ1) is 15.0. The molecule has 1 aliphatic rings. The summed E-state index contributed by atoms with van der Waals surface area (Å²) in [6.45, 7) is 20.7. The van der Waals surface area contributed by atoms with Crippen LogP contribution in [0.15, 0.2) is 0 Å². The lowest BCUT2D eigenvalue weighted by molar-refractivity contribution is -0.176. The Morgan fingerprint density at radius 3 is 1.41 bits per heavy atom. The number of nitrogens with zero attached hydrogens (tertiary/aromatic N) is 1. The van der Waals surface area contributed by atoms with E-state index in [9.17, 15) is 0 Å². The molecule has 0 spiro atoms. The molecule has 0 aromatic rings. The Balaban J connectivity index is 3.08. The van der Waals surface area contributed by atoms with Gasteiger partial charge in [0.25, 0.3) is 0 Å². The minimum atomic E-state index is 0.165. The van der Waals surface area contributed by atoms with E-state index < -0.39 is 0 Å². The van der Waals surface area contributed by atoms with Crippen molar-refractivity contribution in [2.75, 3.05) is 0 Å². The second-order valence-electron chi connectivity index (χ2n) is 7.24. The lowest BCUT2D eigenvalue weighted by Gasteiger charge is -2.58. The molecule has 1 aliphatic heterocycles. The third kappa shape index (κ3) is 2.53. The van der Waals surface area contributed by atoms with Gasteiger partial charge in [0.05, 0.1) is 12.2 Å². The Morgan fingerprint density at radius 2 is 1.12 bits per heavy atom. The zero-order valence-electron chi connectivity index (χ0n) is 13.2. The summed E-state index contributed by atoms with van der Waals surface area (Å²) in [5.41, 5.74) is 0.421. The van der Waals surface area contributed by atoms with Gasteiger partial charge in [0.1, 0.15) is 0 Å². The Kier molecular flexibility index (Phi) is 4.01. The summed E-state index contributed by atoms with van der Waals surface area (Å²) in [5.74, 6) is 0. The van der Waals surface area contributed by atoms with Gasteiger partial charge in [-0.2, -0.15) is 0 Å². The van der Waals surface area contributed by atoms with Crippen LogP contribution in [0.5, 0.6) is 0 Å². The monoisotopic (exact) mass is 241 g/mol. The first-order valence-electron chi connectivity index (χ1n) is 6.94. The third-order valence-electron chi connectivity index (χ3n) is 5.15. The van der Waals surface area contributed by atoms with Gasteiger partial charge >= 0.3 is 0 Å². The van der Waals surface area contributed by atoms with Gasteiger partial charge in [0.2, 0.25) is 0 Å². The van der Waals surface area contributed by atoms with E-state index in [0.717, 1.165) is 0 Å². The van der Waals surface area contributed by atoms with Crippen molar-refractivity contribution in [2.24, 2.45) is 5.41 Å². The Bertz CT molecular complexity index is 253. The molecule has 102 valence electrons. The predicted octanol–water partition coefficient (Wildman–Crippen LogP) is 3.70. The number of hydrogen-bond acceptors (Lipinski definition) is 2. The zero-order chi connectivity index (χ0) is 13.6. The van der Waals surface area contributed by atoms with E-state index in [1.54, 1.807) is 0 Å². The van der Waals surface area contributed by atoms with Crippen LogP contribution < -0.4 is 0 Å². The van der Waals surface area contributed by atoms with Gasteiger partial charge in [-0.25, -0.2) is 0 Å². The molecule has 0 aliphatic carbocycles. The highest BCUT2D eigenvalue weighted by atomic mass is 16.5. The molecule has 0 amide bonds. The van der Waals surface area contributed by atoms with Crippen molar-refractivity contribution in [1.29, 1.82) is 0 Å². The Hall–Kier alpha value is -0.0800. The number of morpholine rings is 1. The lowest BCUT2D eigenvalue weighted by Crippen LogP contribution is -2.67. The molecule has 0 saturated carbocycles. The van der Waals surface area contributed by atoms with Crippen molar-refractivity contribution in [3.63, 3.8) is 0 Å². The molecule has 1 rings (SSSR count). The molecule has 0 aromatic carbocycles. The summed E-state index contributed by atoms with van der Waals surface area (Å²) in [7, 11) is 0. The largest absolute Gasteiger partial charge is 0.372 e. The van der Waals surface area contributed by atoms with Crippen molar-refractivity contribution >= 4 is 0 Å². The van der Waals surface area contributed by atoms with E-state index >= 15 is 0 Å². The van der Waals surface area contributed by atoms with Crippen molar-refractivity contribution in [2.45, 2.75) is 92.1 Å². The molecule has 0 bridgehead atoms. The van der Waals surface area contributed by atoms with E-state index in [1.807, 2.05) is 0 Å². The average molecular weight is 241 g/mol. The van der Waals surface area contributed by atoms with E-state index in [4.69, 9.17) is 4.74 Å². The van der Waals surface area contributed by atoms with Crippen molar-refractivity contribution in [3.05, 3.63) is 0 Å². The van der Waals surface area contributed by atoms with Crippen LogP contribution in [-0.2, 0) is 4.74 Å². The topological polar surface area (TPSA) is 12.5 Å². The van der Waals surface area contributed by atoms with Gasteiger partial charge in [-0.05, 0) is 47.0 Å². The molecule has 0 radical (unpaired) electrons. The predicted molar refractivity (Wildman–Crippen MR) is 74.3 cm³/mol. The van der Waals surface area contributed by atoms with Gasteiger partial charge in [-0.1, -0.05) is 20.8 Å². The quantitative estimate of drug-likeness (QED) is 0.694. The molecular formula is C15H31NO. The zero-order valence-corrected chi connectivity index (χ0v) is 13.2. The molecule has 2 nitrogen and oxygen atoms in total. The van der Waals surface area contributed by atoms with Crippen LogP contribution in [0.2, 0.25) is 0 Å². The number of ether oxygens (including phenoxy) is 1.